The number of rotatable bonds is 7. The summed E-state index contributed by atoms with van der Waals surface area (Å²) in [5.74, 6) is 0.578. The Morgan fingerprint density at radius 1 is 1.04 bits per heavy atom. The standard InChI is InChI=1S/C19H22N2O4/c1-13(2)19(23)20-14-7-6-8-15(11-14)25-12-18(22)21-16-9-4-5-10-17(16)24-3/h4-11,13H,12H2,1-3H3,(H,20,23)(H,21,22). The first-order valence-corrected chi connectivity index (χ1v) is 7.96. The van der Waals surface area contributed by atoms with Crippen molar-refractivity contribution in [2.75, 3.05) is 24.4 Å². The summed E-state index contributed by atoms with van der Waals surface area (Å²) < 4.78 is 10.7. The maximum absolute atomic E-state index is 12.0. The number of carbonyl (C=O) groups excluding carboxylic acids is 2. The highest BCUT2D eigenvalue weighted by Gasteiger charge is 2.09. The summed E-state index contributed by atoms with van der Waals surface area (Å²) in [5.41, 5.74) is 1.21. The first-order valence-electron chi connectivity index (χ1n) is 7.96. The number of hydrogen-bond donors (Lipinski definition) is 2. The quantitative estimate of drug-likeness (QED) is 0.809. The number of hydrogen-bond acceptors (Lipinski definition) is 4. The Balaban J connectivity index is 1.92. The highest BCUT2D eigenvalue weighted by molar-refractivity contribution is 5.93. The monoisotopic (exact) mass is 342 g/mol. The Kier molecular flexibility index (Phi) is 6.39. The Bertz CT molecular complexity index is 744. The highest BCUT2D eigenvalue weighted by atomic mass is 16.5. The molecule has 2 amide bonds. The number of amides is 2. The zero-order chi connectivity index (χ0) is 18.2. The average Bonchev–Trinajstić information content (AvgIpc) is 2.60. The molecule has 2 aromatic rings. The van der Waals surface area contributed by atoms with Crippen LogP contribution in [-0.4, -0.2) is 25.5 Å². The van der Waals surface area contributed by atoms with Crippen molar-refractivity contribution >= 4 is 23.2 Å². The van der Waals surface area contributed by atoms with E-state index in [-0.39, 0.29) is 24.3 Å². The van der Waals surface area contributed by atoms with E-state index in [1.807, 2.05) is 19.9 Å². The number of methoxy groups -OCH3 is 1. The number of carbonyl (C=O) groups is 2. The van der Waals surface area contributed by atoms with Gasteiger partial charge in [0.15, 0.2) is 6.61 Å². The molecular formula is C19H22N2O4. The molecule has 6 heteroatoms. The molecular weight excluding hydrogens is 320 g/mol. The largest absolute Gasteiger partial charge is 0.495 e. The molecule has 2 aromatic carbocycles. The van der Waals surface area contributed by atoms with Gasteiger partial charge in [-0.15, -0.1) is 0 Å². The van der Waals surface area contributed by atoms with Crippen molar-refractivity contribution in [1.29, 1.82) is 0 Å². The summed E-state index contributed by atoms with van der Waals surface area (Å²) in [6, 6.07) is 14.1. The second kappa shape index (κ2) is 8.73. The minimum Gasteiger partial charge on any atom is -0.495 e. The van der Waals surface area contributed by atoms with Gasteiger partial charge in [-0.1, -0.05) is 32.0 Å². The van der Waals surface area contributed by atoms with Crippen molar-refractivity contribution < 1.29 is 19.1 Å². The predicted octanol–water partition coefficient (Wildman–Crippen LogP) is 3.31. The molecule has 0 radical (unpaired) electrons. The lowest BCUT2D eigenvalue weighted by molar-refractivity contribution is -0.119. The summed E-state index contributed by atoms with van der Waals surface area (Å²) in [6.07, 6.45) is 0. The van der Waals surface area contributed by atoms with Crippen LogP contribution in [0.15, 0.2) is 48.5 Å². The third-order valence-electron chi connectivity index (χ3n) is 3.38. The fourth-order valence-corrected chi connectivity index (χ4v) is 2.03. The van der Waals surface area contributed by atoms with E-state index < -0.39 is 0 Å². The summed E-state index contributed by atoms with van der Waals surface area (Å²) in [5, 5.41) is 5.52. The van der Waals surface area contributed by atoms with Crippen LogP contribution in [-0.2, 0) is 9.59 Å². The number of para-hydroxylation sites is 2. The molecule has 0 aliphatic carbocycles. The Hall–Kier alpha value is -3.02. The van der Waals surface area contributed by atoms with Crippen molar-refractivity contribution in [3.63, 3.8) is 0 Å². The first-order chi connectivity index (χ1) is 12.0. The summed E-state index contributed by atoms with van der Waals surface area (Å²) >= 11 is 0. The molecule has 0 spiro atoms. The minimum atomic E-state index is -0.305. The molecule has 0 aliphatic heterocycles. The van der Waals surface area contributed by atoms with Crippen molar-refractivity contribution in [1.82, 2.24) is 0 Å². The van der Waals surface area contributed by atoms with Crippen molar-refractivity contribution in [2.45, 2.75) is 13.8 Å². The average molecular weight is 342 g/mol. The van der Waals surface area contributed by atoms with Crippen LogP contribution in [0.5, 0.6) is 11.5 Å². The van der Waals surface area contributed by atoms with Gasteiger partial charge in [0.2, 0.25) is 5.91 Å². The fraction of sp³-hybridized carbons (Fsp3) is 0.263. The number of ether oxygens (including phenoxy) is 2. The third-order valence-corrected chi connectivity index (χ3v) is 3.38. The van der Waals surface area contributed by atoms with Gasteiger partial charge in [0, 0.05) is 17.7 Å². The molecule has 0 heterocycles. The van der Waals surface area contributed by atoms with Gasteiger partial charge in [-0.05, 0) is 24.3 Å². The Labute approximate surface area is 147 Å². The normalized spacial score (nSPS) is 10.2. The van der Waals surface area contributed by atoms with Gasteiger partial charge in [-0.3, -0.25) is 9.59 Å². The molecule has 0 aliphatic rings. The van der Waals surface area contributed by atoms with E-state index >= 15 is 0 Å². The topological polar surface area (TPSA) is 76.7 Å². The summed E-state index contributed by atoms with van der Waals surface area (Å²) in [7, 11) is 1.54. The predicted molar refractivity (Wildman–Crippen MR) is 97.0 cm³/mol. The number of anilines is 2. The van der Waals surface area contributed by atoms with Crippen LogP contribution in [0.3, 0.4) is 0 Å². The van der Waals surface area contributed by atoms with Crippen LogP contribution in [0.2, 0.25) is 0 Å². The molecule has 0 bridgehead atoms. The van der Waals surface area contributed by atoms with E-state index in [0.717, 1.165) is 0 Å². The third kappa shape index (κ3) is 5.53. The van der Waals surface area contributed by atoms with E-state index in [1.54, 1.807) is 49.6 Å². The molecule has 0 saturated carbocycles. The molecule has 0 atom stereocenters. The zero-order valence-electron chi connectivity index (χ0n) is 14.5. The molecule has 0 fully saturated rings. The van der Waals surface area contributed by atoms with E-state index in [0.29, 0.717) is 22.9 Å². The van der Waals surface area contributed by atoms with Gasteiger partial charge in [-0.2, -0.15) is 0 Å². The molecule has 6 nitrogen and oxygen atoms in total. The van der Waals surface area contributed by atoms with E-state index in [9.17, 15) is 9.59 Å². The van der Waals surface area contributed by atoms with Crippen LogP contribution in [0.25, 0.3) is 0 Å². The van der Waals surface area contributed by atoms with Crippen LogP contribution < -0.4 is 20.1 Å². The summed E-state index contributed by atoms with van der Waals surface area (Å²) in [6.45, 7) is 3.48. The van der Waals surface area contributed by atoms with Gasteiger partial charge in [0.25, 0.3) is 5.91 Å². The van der Waals surface area contributed by atoms with Crippen LogP contribution in [0, 0.1) is 5.92 Å². The maximum atomic E-state index is 12.0. The van der Waals surface area contributed by atoms with Crippen LogP contribution in [0.1, 0.15) is 13.8 Å². The molecule has 2 N–H and O–H groups in total. The van der Waals surface area contributed by atoms with Gasteiger partial charge < -0.3 is 20.1 Å². The van der Waals surface area contributed by atoms with E-state index in [4.69, 9.17) is 9.47 Å². The molecule has 25 heavy (non-hydrogen) atoms. The van der Waals surface area contributed by atoms with Crippen molar-refractivity contribution in [2.24, 2.45) is 5.92 Å². The number of benzene rings is 2. The molecule has 0 saturated heterocycles. The lowest BCUT2D eigenvalue weighted by Gasteiger charge is -2.12. The zero-order valence-corrected chi connectivity index (χ0v) is 14.5. The number of nitrogens with one attached hydrogen (secondary N) is 2. The summed E-state index contributed by atoms with van der Waals surface area (Å²) in [4.78, 5) is 23.8. The Morgan fingerprint density at radius 3 is 2.52 bits per heavy atom. The van der Waals surface area contributed by atoms with Crippen LogP contribution in [0.4, 0.5) is 11.4 Å². The van der Waals surface area contributed by atoms with Gasteiger partial charge in [-0.25, -0.2) is 0 Å². The van der Waals surface area contributed by atoms with E-state index in [2.05, 4.69) is 10.6 Å². The lowest BCUT2D eigenvalue weighted by atomic mass is 10.2. The van der Waals surface area contributed by atoms with E-state index in [1.165, 1.54) is 0 Å². The molecule has 2 rings (SSSR count). The van der Waals surface area contributed by atoms with Gasteiger partial charge in [0.05, 0.1) is 12.8 Å². The first kappa shape index (κ1) is 18.3. The minimum absolute atomic E-state index is 0.0777. The molecule has 0 aromatic heterocycles. The van der Waals surface area contributed by atoms with Crippen LogP contribution >= 0.6 is 0 Å². The smallest absolute Gasteiger partial charge is 0.262 e. The Morgan fingerprint density at radius 2 is 1.80 bits per heavy atom. The second-order valence-electron chi connectivity index (χ2n) is 5.71. The van der Waals surface area contributed by atoms with Gasteiger partial charge in [0.1, 0.15) is 11.5 Å². The maximum Gasteiger partial charge on any atom is 0.262 e. The fourth-order valence-electron chi connectivity index (χ4n) is 2.03. The van der Waals surface area contributed by atoms with Crippen molar-refractivity contribution in [3.8, 4) is 11.5 Å². The van der Waals surface area contributed by atoms with Crippen molar-refractivity contribution in [3.05, 3.63) is 48.5 Å². The van der Waals surface area contributed by atoms with Gasteiger partial charge >= 0.3 is 0 Å². The second-order valence-corrected chi connectivity index (χ2v) is 5.71. The highest BCUT2D eigenvalue weighted by Crippen LogP contribution is 2.23. The lowest BCUT2D eigenvalue weighted by Crippen LogP contribution is -2.20. The molecule has 0 unspecified atom stereocenters. The SMILES string of the molecule is COc1ccccc1NC(=O)COc1cccc(NC(=O)C(C)C)c1. The molecule has 132 valence electrons.